The number of hydrogen-bond acceptors (Lipinski definition) is 7. The average molecular weight is 504 g/mol. The summed E-state index contributed by atoms with van der Waals surface area (Å²) < 4.78 is 86.4. The maximum atomic E-state index is 14.7. The van der Waals surface area contributed by atoms with Crippen LogP contribution in [-0.4, -0.2) is 50.5 Å². The molecule has 1 aliphatic rings. The number of alkyl carbamates (subject to hydrolysis) is 1. The topological polar surface area (TPSA) is 101 Å². The number of anilines is 1. The lowest BCUT2D eigenvalue weighted by atomic mass is 10.2. The second-order valence-electron chi connectivity index (χ2n) is 6.93. The average Bonchev–Trinajstić information content (AvgIpc) is 2.81. The molecule has 1 N–H and O–H groups in total. The molecule has 1 amide bonds. The van der Waals surface area contributed by atoms with Crippen molar-refractivity contribution < 1.29 is 40.2 Å². The number of nitrogens with one attached hydrogen (secondary N) is 1. The number of amidine groups is 1. The van der Waals surface area contributed by atoms with Gasteiger partial charge in [0.05, 0.1) is 25.9 Å². The predicted molar refractivity (Wildman–Crippen MR) is 113 cm³/mol. The smallest absolute Gasteiger partial charge is 0.467 e. The van der Waals surface area contributed by atoms with Crippen LogP contribution in [0.5, 0.6) is 0 Å². The van der Waals surface area contributed by atoms with Crippen LogP contribution in [0.1, 0.15) is 11.1 Å². The Morgan fingerprint density at radius 2 is 1.82 bits per heavy atom. The third-order valence-corrected chi connectivity index (χ3v) is 6.14. The summed E-state index contributed by atoms with van der Waals surface area (Å²) in [5.74, 6) is -0.789. The van der Waals surface area contributed by atoms with Crippen LogP contribution in [0.3, 0.4) is 0 Å². The normalized spacial score (nSPS) is 14.4. The maximum absolute atomic E-state index is 14.7. The number of alkyl halides is 3. The summed E-state index contributed by atoms with van der Waals surface area (Å²) in [6.45, 7) is -1.00. The minimum absolute atomic E-state index is 0.0270. The van der Waals surface area contributed by atoms with Crippen LogP contribution in [0.25, 0.3) is 0 Å². The molecular weight excluding hydrogens is 484 g/mol. The molecule has 1 aliphatic heterocycles. The van der Waals surface area contributed by atoms with Crippen molar-refractivity contribution >= 4 is 27.8 Å². The zero-order valence-electron chi connectivity index (χ0n) is 17.8. The number of halogens is 4. The van der Waals surface area contributed by atoms with Gasteiger partial charge in [0.15, 0.2) is 0 Å². The van der Waals surface area contributed by atoms with Gasteiger partial charge >= 0.3 is 27.6 Å². The minimum atomic E-state index is -5.72. The lowest BCUT2D eigenvalue weighted by molar-refractivity contribution is -0.0477. The van der Waals surface area contributed by atoms with Gasteiger partial charge in [-0.25, -0.2) is 13.5 Å². The summed E-state index contributed by atoms with van der Waals surface area (Å²) in [5, 5.41) is 7.16. The fraction of sp³-hybridized carbons (Fsp3) is 0.300. The summed E-state index contributed by atoms with van der Waals surface area (Å²) in [7, 11) is -4.77. The van der Waals surface area contributed by atoms with E-state index in [1.54, 1.807) is 24.3 Å². The number of hydrogen-bond donors (Lipinski definition) is 1. The quantitative estimate of drug-likeness (QED) is 0.607. The maximum Gasteiger partial charge on any atom is 0.516 e. The van der Waals surface area contributed by atoms with Crippen LogP contribution in [0, 0.1) is 5.82 Å². The first-order valence-corrected chi connectivity index (χ1v) is 11.2. The van der Waals surface area contributed by atoms with Crippen molar-refractivity contribution in [3.8, 4) is 0 Å². The number of ether oxygens (including phenoxy) is 2. The first-order chi connectivity index (χ1) is 16.0. The number of carbonyl (C=O) groups is 1. The van der Waals surface area contributed by atoms with E-state index in [0.717, 1.165) is 23.7 Å². The molecule has 2 aromatic rings. The van der Waals surface area contributed by atoms with Gasteiger partial charge in [-0.15, -0.1) is 5.10 Å². The molecule has 34 heavy (non-hydrogen) atoms. The van der Waals surface area contributed by atoms with Crippen molar-refractivity contribution in [3.63, 3.8) is 0 Å². The fourth-order valence-corrected chi connectivity index (χ4v) is 3.86. The zero-order chi connectivity index (χ0) is 24.9. The molecule has 0 saturated heterocycles. The van der Waals surface area contributed by atoms with Gasteiger partial charge in [-0.2, -0.15) is 21.6 Å². The SMILES string of the molecule is COC1=NN(c2ccc(CNC(=O)OCc3ccccc3)cc2F)CCN1S(=O)(=O)C(F)(F)F. The standard InChI is InChI=1S/C20H20F4N4O5S/c1-32-18-26-27(9-10-28(18)34(30,31)20(22,23)24)17-8-7-15(11-16(17)21)12-25-19(29)33-13-14-5-3-2-4-6-14/h2-8,11H,9-10,12-13H2,1H3,(H,25,29). The van der Waals surface area contributed by atoms with E-state index in [0.29, 0.717) is 5.56 Å². The summed E-state index contributed by atoms with van der Waals surface area (Å²) >= 11 is 0. The molecule has 9 nitrogen and oxygen atoms in total. The summed E-state index contributed by atoms with van der Waals surface area (Å²) in [5.41, 5.74) is -4.48. The van der Waals surface area contributed by atoms with Crippen LogP contribution >= 0.6 is 0 Å². The van der Waals surface area contributed by atoms with Gasteiger partial charge < -0.3 is 14.8 Å². The van der Waals surface area contributed by atoms with Crippen LogP contribution in [0.4, 0.5) is 28.0 Å². The highest BCUT2D eigenvalue weighted by atomic mass is 32.2. The second kappa shape index (κ2) is 10.2. The number of amides is 1. The second-order valence-corrected chi connectivity index (χ2v) is 8.79. The van der Waals surface area contributed by atoms with Gasteiger partial charge in [0.25, 0.3) is 0 Å². The van der Waals surface area contributed by atoms with E-state index in [2.05, 4.69) is 10.4 Å². The van der Waals surface area contributed by atoms with Gasteiger partial charge in [0, 0.05) is 6.54 Å². The number of carbonyl (C=O) groups excluding carboxylic acids is 1. The first kappa shape index (κ1) is 25.1. The number of rotatable bonds is 6. The van der Waals surface area contributed by atoms with Crippen molar-refractivity contribution in [3.05, 3.63) is 65.5 Å². The molecule has 0 atom stereocenters. The molecule has 0 fully saturated rings. The van der Waals surface area contributed by atoms with Crippen LogP contribution in [-0.2, 0) is 32.6 Å². The van der Waals surface area contributed by atoms with E-state index in [4.69, 9.17) is 9.47 Å². The van der Waals surface area contributed by atoms with Crippen molar-refractivity contribution in [2.24, 2.45) is 5.10 Å². The molecular formula is C20H20F4N4O5S. The molecule has 3 rings (SSSR count). The lowest BCUT2D eigenvalue weighted by Gasteiger charge is -2.32. The third kappa shape index (κ3) is 5.68. The lowest BCUT2D eigenvalue weighted by Crippen LogP contribution is -2.51. The van der Waals surface area contributed by atoms with Crippen molar-refractivity contribution in [2.75, 3.05) is 25.2 Å². The van der Waals surface area contributed by atoms with Crippen LogP contribution < -0.4 is 10.3 Å². The molecule has 0 saturated carbocycles. The molecule has 2 aromatic carbocycles. The monoisotopic (exact) mass is 504 g/mol. The summed E-state index contributed by atoms with van der Waals surface area (Å²) in [4.78, 5) is 11.8. The van der Waals surface area contributed by atoms with Crippen LogP contribution in [0.2, 0.25) is 0 Å². The Labute approximate surface area is 192 Å². The van der Waals surface area contributed by atoms with Gasteiger partial charge in [-0.05, 0) is 23.3 Å². The number of nitrogens with zero attached hydrogens (tertiary/aromatic N) is 3. The molecule has 184 valence electrons. The van der Waals surface area contributed by atoms with E-state index < -0.39 is 40.0 Å². The molecule has 0 unspecified atom stereocenters. The molecule has 1 heterocycles. The predicted octanol–water partition coefficient (Wildman–Crippen LogP) is 3.14. The van der Waals surface area contributed by atoms with E-state index in [1.165, 1.54) is 12.1 Å². The third-order valence-electron chi connectivity index (χ3n) is 4.64. The molecule has 0 radical (unpaired) electrons. The molecule has 0 bridgehead atoms. The Bertz CT molecular complexity index is 1160. The van der Waals surface area contributed by atoms with Crippen molar-refractivity contribution in [2.45, 2.75) is 18.7 Å². The van der Waals surface area contributed by atoms with Gasteiger partial charge in [0.2, 0.25) is 0 Å². The van der Waals surface area contributed by atoms with Gasteiger partial charge in [-0.1, -0.05) is 36.4 Å². The Morgan fingerprint density at radius 3 is 2.44 bits per heavy atom. The first-order valence-electron chi connectivity index (χ1n) is 9.75. The van der Waals surface area contributed by atoms with E-state index in [1.807, 2.05) is 6.07 Å². The summed E-state index contributed by atoms with van der Waals surface area (Å²) in [6, 6.07) is 12.0. The summed E-state index contributed by atoms with van der Waals surface area (Å²) in [6.07, 6.45) is -0.704. The Kier molecular flexibility index (Phi) is 7.49. The number of sulfonamides is 1. The van der Waals surface area contributed by atoms with Crippen LogP contribution in [0.15, 0.2) is 53.6 Å². The highest BCUT2D eigenvalue weighted by Crippen LogP contribution is 2.30. The molecule has 14 heteroatoms. The van der Waals surface area contributed by atoms with Gasteiger partial charge in [0.1, 0.15) is 12.4 Å². The molecule has 0 aromatic heterocycles. The molecule has 0 spiro atoms. The number of benzene rings is 2. The highest BCUT2D eigenvalue weighted by molar-refractivity contribution is 7.90. The Hall–Kier alpha value is -3.55. The van der Waals surface area contributed by atoms with E-state index in [-0.39, 0.29) is 29.7 Å². The molecule has 0 aliphatic carbocycles. The largest absolute Gasteiger partial charge is 0.516 e. The highest BCUT2D eigenvalue weighted by Gasteiger charge is 2.52. The van der Waals surface area contributed by atoms with E-state index in [9.17, 15) is 30.8 Å². The Morgan fingerprint density at radius 1 is 1.12 bits per heavy atom. The Balaban J connectivity index is 1.64. The van der Waals surface area contributed by atoms with Crippen molar-refractivity contribution in [1.82, 2.24) is 9.62 Å². The van der Waals surface area contributed by atoms with E-state index >= 15 is 0 Å². The van der Waals surface area contributed by atoms with Crippen molar-refractivity contribution in [1.29, 1.82) is 0 Å². The zero-order valence-corrected chi connectivity index (χ0v) is 18.6. The number of methoxy groups -OCH3 is 1. The minimum Gasteiger partial charge on any atom is -0.467 e. The van der Waals surface area contributed by atoms with Gasteiger partial charge in [-0.3, -0.25) is 5.01 Å². The fourth-order valence-electron chi connectivity index (χ4n) is 2.97. The number of hydrazone groups is 1.